The number of rotatable bonds is 3. The Kier molecular flexibility index (Phi) is 4.67. The Hall–Kier alpha value is -0.410. The molecular weight excluding hydrogens is 252 g/mol. The SMILES string of the molecule is CNC(c1nc(C(C)(C)C)cs1)C1CCC(C)CC1. The molecule has 0 radical (unpaired) electrons. The van der Waals surface area contributed by atoms with E-state index in [4.69, 9.17) is 4.98 Å². The molecule has 0 aliphatic heterocycles. The first kappa shape index (κ1) is 15.0. The van der Waals surface area contributed by atoms with Crippen molar-refractivity contribution >= 4 is 11.3 Å². The molecule has 1 aliphatic carbocycles. The normalized spacial score (nSPS) is 26.4. The summed E-state index contributed by atoms with van der Waals surface area (Å²) in [5.74, 6) is 1.68. The molecule has 0 aromatic carbocycles. The number of aromatic nitrogens is 1. The fourth-order valence-electron chi connectivity index (χ4n) is 2.95. The van der Waals surface area contributed by atoms with Crippen molar-refractivity contribution in [3.63, 3.8) is 0 Å². The van der Waals surface area contributed by atoms with E-state index in [1.165, 1.54) is 36.4 Å². The largest absolute Gasteiger partial charge is 0.311 e. The molecule has 2 rings (SSSR count). The minimum absolute atomic E-state index is 0.161. The monoisotopic (exact) mass is 280 g/mol. The fourth-order valence-corrected chi connectivity index (χ4v) is 4.20. The van der Waals surface area contributed by atoms with Gasteiger partial charge >= 0.3 is 0 Å². The van der Waals surface area contributed by atoms with Gasteiger partial charge in [-0.05, 0) is 31.7 Å². The highest BCUT2D eigenvalue weighted by atomic mass is 32.1. The maximum absolute atomic E-state index is 4.90. The average Bonchev–Trinajstić information content (AvgIpc) is 2.82. The summed E-state index contributed by atoms with van der Waals surface area (Å²) in [5.41, 5.74) is 1.39. The third-order valence-corrected chi connectivity index (χ3v) is 5.33. The van der Waals surface area contributed by atoms with Crippen LogP contribution in [0.4, 0.5) is 0 Å². The van der Waals surface area contributed by atoms with Crippen LogP contribution in [0.25, 0.3) is 0 Å². The first-order valence-corrected chi connectivity index (χ1v) is 8.43. The van der Waals surface area contributed by atoms with Crippen LogP contribution in [-0.2, 0) is 5.41 Å². The summed E-state index contributed by atoms with van der Waals surface area (Å²) in [6.07, 6.45) is 5.44. The van der Waals surface area contributed by atoms with Crippen molar-refractivity contribution in [2.75, 3.05) is 7.05 Å². The lowest BCUT2D eigenvalue weighted by Crippen LogP contribution is -2.28. The van der Waals surface area contributed by atoms with E-state index in [1.807, 2.05) is 11.3 Å². The third kappa shape index (κ3) is 3.57. The van der Waals surface area contributed by atoms with Crippen LogP contribution < -0.4 is 5.32 Å². The molecule has 0 saturated heterocycles. The molecule has 0 spiro atoms. The van der Waals surface area contributed by atoms with Gasteiger partial charge in [0.1, 0.15) is 5.01 Å². The number of thiazole rings is 1. The first-order valence-electron chi connectivity index (χ1n) is 7.55. The van der Waals surface area contributed by atoms with Gasteiger partial charge in [0, 0.05) is 10.8 Å². The molecule has 1 N–H and O–H groups in total. The second-order valence-electron chi connectivity index (χ2n) is 7.11. The van der Waals surface area contributed by atoms with Gasteiger partial charge in [-0.2, -0.15) is 0 Å². The molecule has 1 fully saturated rings. The first-order chi connectivity index (χ1) is 8.91. The predicted octanol–water partition coefficient (Wildman–Crippen LogP) is 4.53. The van der Waals surface area contributed by atoms with Gasteiger partial charge in [-0.3, -0.25) is 0 Å². The zero-order chi connectivity index (χ0) is 14.0. The molecule has 1 unspecified atom stereocenters. The van der Waals surface area contributed by atoms with Crippen molar-refractivity contribution in [3.05, 3.63) is 16.1 Å². The molecular formula is C16H28N2S. The molecule has 0 amide bonds. The van der Waals surface area contributed by atoms with E-state index in [1.54, 1.807) is 0 Å². The van der Waals surface area contributed by atoms with Crippen LogP contribution >= 0.6 is 11.3 Å². The van der Waals surface area contributed by atoms with Crippen LogP contribution in [0.15, 0.2) is 5.38 Å². The maximum atomic E-state index is 4.90. The molecule has 0 bridgehead atoms. The minimum atomic E-state index is 0.161. The van der Waals surface area contributed by atoms with Crippen LogP contribution in [0.5, 0.6) is 0 Å². The van der Waals surface area contributed by atoms with Gasteiger partial charge in [-0.25, -0.2) is 4.98 Å². The van der Waals surface area contributed by atoms with Crippen molar-refractivity contribution in [2.45, 2.75) is 64.8 Å². The number of nitrogens with zero attached hydrogens (tertiary/aromatic N) is 1. The lowest BCUT2D eigenvalue weighted by atomic mass is 9.79. The molecule has 19 heavy (non-hydrogen) atoms. The minimum Gasteiger partial charge on any atom is -0.311 e. The zero-order valence-corrected chi connectivity index (χ0v) is 13.8. The summed E-state index contributed by atoms with van der Waals surface area (Å²) < 4.78 is 0. The summed E-state index contributed by atoms with van der Waals surface area (Å²) in [6, 6.07) is 0.452. The van der Waals surface area contributed by atoms with Gasteiger partial charge in [0.25, 0.3) is 0 Å². The summed E-state index contributed by atoms with van der Waals surface area (Å²) >= 11 is 1.83. The number of hydrogen-bond donors (Lipinski definition) is 1. The van der Waals surface area contributed by atoms with E-state index in [2.05, 4.69) is 45.4 Å². The average molecular weight is 280 g/mol. The topological polar surface area (TPSA) is 24.9 Å². The van der Waals surface area contributed by atoms with Gasteiger partial charge in [0.2, 0.25) is 0 Å². The van der Waals surface area contributed by atoms with Gasteiger partial charge in [-0.15, -0.1) is 11.3 Å². The van der Waals surface area contributed by atoms with Crippen LogP contribution in [0.2, 0.25) is 0 Å². The summed E-state index contributed by atoms with van der Waals surface area (Å²) in [4.78, 5) is 4.90. The van der Waals surface area contributed by atoms with Crippen LogP contribution in [0.1, 0.15) is 70.1 Å². The standard InChI is InChI=1S/C16H28N2S/c1-11-6-8-12(9-7-11)14(17-5)15-18-13(10-19-15)16(2,3)4/h10-12,14,17H,6-9H2,1-5H3. The quantitative estimate of drug-likeness (QED) is 0.880. The van der Waals surface area contributed by atoms with E-state index < -0.39 is 0 Å². The van der Waals surface area contributed by atoms with E-state index in [0.29, 0.717) is 6.04 Å². The van der Waals surface area contributed by atoms with Crippen molar-refractivity contribution in [3.8, 4) is 0 Å². The molecule has 108 valence electrons. The summed E-state index contributed by atoms with van der Waals surface area (Å²) in [6.45, 7) is 9.10. The highest BCUT2D eigenvalue weighted by Gasteiger charge is 2.29. The zero-order valence-electron chi connectivity index (χ0n) is 13.0. The summed E-state index contributed by atoms with van der Waals surface area (Å²) in [7, 11) is 2.08. The molecule has 1 aliphatic rings. The number of hydrogen-bond acceptors (Lipinski definition) is 3. The molecule has 1 aromatic rings. The van der Waals surface area contributed by atoms with Crippen molar-refractivity contribution in [1.29, 1.82) is 0 Å². The van der Waals surface area contributed by atoms with Gasteiger partial charge in [0.05, 0.1) is 11.7 Å². The Labute approximate surface area is 122 Å². The van der Waals surface area contributed by atoms with E-state index in [9.17, 15) is 0 Å². The molecule has 1 atom stereocenters. The highest BCUT2D eigenvalue weighted by Crippen LogP contribution is 2.38. The van der Waals surface area contributed by atoms with Crippen LogP contribution in [-0.4, -0.2) is 12.0 Å². The smallest absolute Gasteiger partial charge is 0.110 e. The second-order valence-corrected chi connectivity index (χ2v) is 8.00. The van der Waals surface area contributed by atoms with Gasteiger partial charge in [0.15, 0.2) is 0 Å². The molecule has 3 heteroatoms. The molecule has 1 aromatic heterocycles. The lowest BCUT2D eigenvalue weighted by molar-refractivity contribution is 0.237. The van der Waals surface area contributed by atoms with E-state index in [0.717, 1.165) is 11.8 Å². The van der Waals surface area contributed by atoms with Crippen LogP contribution in [0, 0.1) is 11.8 Å². The molecule has 1 saturated carbocycles. The fraction of sp³-hybridized carbons (Fsp3) is 0.812. The van der Waals surface area contributed by atoms with Gasteiger partial charge < -0.3 is 5.32 Å². The molecule has 2 nitrogen and oxygen atoms in total. The highest BCUT2D eigenvalue weighted by molar-refractivity contribution is 7.09. The van der Waals surface area contributed by atoms with E-state index >= 15 is 0 Å². The molecule has 1 heterocycles. The van der Waals surface area contributed by atoms with Crippen molar-refractivity contribution < 1.29 is 0 Å². The van der Waals surface area contributed by atoms with Gasteiger partial charge in [-0.1, -0.05) is 40.5 Å². The van der Waals surface area contributed by atoms with Crippen molar-refractivity contribution in [1.82, 2.24) is 10.3 Å². The summed E-state index contributed by atoms with van der Waals surface area (Å²) in [5, 5.41) is 7.04. The maximum Gasteiger partial charge on any atom is 0.110 e. The van der Waals surface area contributed by atoms with Crippen molar-refractivity contribution in [2.24, 2.45) is 11.8 Å². The Morgan fingerprint density at radius 3 is 2.37 bits per heavy atom. The second kappa shape index (κ2) is 5.92. The Bertz CT molecular complexity index is 397. The number of nitrogens with one attached hydrogen (secondary N) is 1. The predicted molar refractivity (Wildman–Crippen MR) is 83.7 cm³/mol. The van der Waals surface area contributed by atoms with E-state index in [-0.39, 0.29) is 5.41 Å². The Morgan fingerprint density at radius 1 is 1.26 bits per heavy atom. The Morgan fingerprint density at radius 2 is 1.89 bits per heavy atom. The third-order valence-electron chi connectivity index (χ3n) is 4.40. The Balaban J connectivity index is 2.11. The van der Waals surface area contributed by atoms with Crippen LogP contribution in [0.3, 0.4) is 0 Å². The lowest BCUT2D eigenvalue weighted by Gasteiger charge is -2.31.